The maximum absolute atomic E-state index is 5.80. The molecule has 0 bridgehead atoms. The second kappa shape index (κ2) is 7.11. The minimum Gasteiger partial charge on any atom is -0.492 e. The Bertz CT molecular complexity index is 498. The zero-order chi connectivity index (χ0) is 13.5. The first-order valence-electron chi connectivity index (χ1n) is 6.25. The molecule has 0 saturated heterocycles. The number of nitrogens with two attached hydrogens (primary N) is 1. The number of nitrogens with zero attached hydrogens (tertiary/aromatic N) is 3. The first-order chi connectivity index (χ1) is 9.28. The molecule has 1 aromatic heterocycles. The van der Waals surface area contributed by atoms with Crippen LogP contribution in [0.4, 0.5) is 0 Å². The maximum atomic E-state index is 5.80. The van der Waals surface area contributed by atoms with Crippen LogP contribution in [0.3, 0.4) is 0 Å². The summed E-state index contributed by atoms with van der Waals surface area (Å²) in [5.41, 5.74) is 6.42. The van der Waals surface area contributed by atoms with Gasteiger partial charge in [-0.25, -0.2) is 4.68 Å². The highest BCUT2D eigenvalue weighted by Crippen LogP contribution is 2.15. The Kier molecular flexibility index (Phi) is 5.18. The number of hydrogen-bond donors (Lipinski definition) is 1. The van der Waals surface area contributed by atoms with Gasteiger partial charge in [-0.15, -0.1) is 5.10 Å². The smallest absolute Gasteiger partial charge is 0.119 e. The molecule has 0 aliphatic rings. The average Bonchev–Trinajstić information content (AvgIpc) is 2.87. The lowest BCUT2D eigenvalue weighted by molar-refractivity contribution is 0.289. The highest BCUT2D eigenvalue weighted by molar-refractivity contribution is 6.30. The summed E-state index contributed by atoms with van der Waals surface area (Å²) in [6, 6.07) is 7.29. The number of aryl methyl sites for hydroxylation is 1. The number of aromatic nitrogens is 3. The molecule has 5 nitrogen and oxygen atoms in total. The van der Waals surface area contributed by atoms with Crippen molar-refractivity contribution >= 4 is 11.6 Å². The molecule has 0 radical (unpaired) electrons. The first-order valence-corrected chi connectivity index (χ1v) is 6.63. The van der Waals surface area contributed by atoms with Gasteiger partial charge in [0.25, 0.3) is 0 Å². The molecule has 0 aliphatic heterocycles. The second-order valence-corrected chi connectivity index (χ2v) is 4.60. The van der Waals surface area contributed by atoms with Crippen molar-refractivity contribution in [1.29, 1.82) is 0 Å². The summed E-state index contributed by atoms with van der Waals surface area (Å²) in [6.45, 7) is 1.88. The van der Waals surface area contributed by atoms with Gasteiger partial charge in [0.15, 0.2) is 0 Å². The molecule has 2 aromatic rings. The predicted molar refractivity (Wildman–Crippen MR) is 74.3 cm³/mol. The Balaban J connectivity index is 1.76. The van der Waals surface area contributed by atoms with Gasteiger partial charge in [-0.1, -0.05) is 16.8 Å². The van der Waals surface area contributed by atoms with Gasteiger partial charge in [0.05, 0.1) is 12.2 Å². The molecular formula is C13H17ClN4O. The van der Waals surface area contributed by atoms with E-state index in [0.29, 0.717) is 24.7 Å². The lowest BCUT2D eigenvalue weighted by atomic mass is 10.2. The molecule has 2 rings (SSSR count). The molecule has 0 fully saturated rings. The Morgan fingerprint density at radius 3 is 2.79 bits per heavy atom. The highest BCUT2D eigenvalue weighted by Gasteiger charge is 2.00. The molecule has 19 heavy (non-hydrogen) atoms. The van der Waals surface area contributed by atoms with Crippen LogP contribution < -0.4 is 10.5 Å². The van der Waals surface area contributed by atoms with Gasteiger partial charge in [0.2, 0.25) is 0 Å². The standard InChI is InChI=1S/C13H17ClN4O/c14-11-3-5-13(6-4-11)19-9-8-18-10-12(16-17-18)2-1-7-15/h3-6,10H,1-2,7-9,15H2. The van der Waals surface area contributed by atoms with Crippen LogP contribution in [0.2, 0.25) is 5.02 Å². The molecule has 0 unspecified atom stereocenters. The van der Waals surface area contributed by atoms with E-state index in [1.54, 1.807) is 16.8 Å². The average molecular weight is 281 g/mol. The fourth-order valence-electron chi connectivity index (χ4n) is 1.63. The van der Waals surface area contributed by atoms with E-state index in [4.69, 9.17) is 22.1 Å². The molecular weight excluding hydrogens is 264 g/mol. The van der Waals surface area contributed by atoms with Crippen LogP contribution in [-0.4, -0.2) is 28.1 Å². The van der Waals surface area contributed by atoms with E-state index in [1.807, 2.05) is 18.3 Å². The maximum Gasteiger partial charge on any atom is 0.119 e. The molecule has 102 valence electrons. The largest absolute Gasteiger partial charge is 0.492 e. The van der Waals surface area contributed by atoms with Crippen molar-refractivity contribution in [2.75, 3.05) is 13.2 Å². The number of benzene rings is 1. The van der Waals surface area contributed by atoms with Crippen LogP contribution in [0.1, 0.15) is 12.1 Å². The zero-order valence-corrected chi connectivity index (χ0v) is 11.4. The van der Waals surface area contributed by atoms with Crippen molar-refractivity contribution in [3.05, 3.63) is 41.2 Å². The van der Waals surface area contributed by atoms with Crippen LogP contribution in [0.5, 0.6) is 5.75 Å². The molecule has 1 heterocycles. The van der Waals surface area contributed by atoms with Crippen LogP contribution in [0, 0.1) is 0 Å². The molecule has 0 saturated carbocycles. The lowest BCUT2D eigenvalue weighted by Gasteiger charge is -2.05. The van der Waals surface area contributed by atoms with Gasteiger partial charge in [-0.3, -0.25) is 0 Å². The Hall–Kier alpha value is -1.59. The summed E-state index contributed by atoms with van der Waals surface area (Å²) in [6.07, 6.45) is 3.73. The van der Waals surface area contributed by atoms with Gasteiger partial charge in [0.1, 0.15) is 12.4 Å². The van der Waals surface area contributed by atoms with E-state index >= 15 is 0 Å². The van der Waals surface area contributed by atoms with Gasteiger partial charge in [0, 0.05) is 11.2 Å². The molecule has 6 heteroatoms. The highest BCUT2D eigenvalue weighted by atomic mass is 35.5. The molecule has 0 aliphatic carbocycles. The van der Waals surface area contributed by atoms with Gasteiger partial charge in [-0.05, 0) is 43.7 Å². The third kappa shape index (κ3) is 4.54. The minimum absolute atomic E-state index is 0.543. The van der Waals surface area contributed by atoms with Crippen molar-refractivity contribution in [2.45, 2.75) is 19.4 Å². The molecule has 2 N–H and O–H groups in total. The van der Waals surface area contributed by atoms with Crippen molar-refractivity contribution in [3.8, 4) is 5.75 Å². The molecule has 1 aromatic carbocycles. The molecule has 0 atom stereocenters. The van der Waals surface area contributed by atoms with Crippen molar-refractivity contribution in [1.82, 2.24) is 15.0 Å². The Morgan fingerprint density at radius 2 is 2.05 bits per heavy atom. The second-order valence-electron chi connectivity index (χ2n) is 4.17. The van der Waals surface area contributed by atoms with Gasteiger partial charge in [-0.2, -0.15) is 0 Å². The van der Waals surface area contributed by atoms with E-state index in [2.05, 4.69) is 10.3 Å². The van der Waals surface area contributed by atoms with Gasteiger partial charge >= 0.3 is 0 Å². The number of ether oxygens (including phenoxy) is 1. The third-order valence-corrected chi connectivity index (χ3v) is 2.88. The predicted octanol–water partition coefficient (Wildman–Crippen LogP) is 1.90. The molecule has 0 spiro atoms. The van der Waals surface area contributed by atoms with Crippen LogP contribution in [0.15, 0.2) is 30.5 Å². The Morgan fingerprint density at radius 1 is 1.26 bits per heavy atom. The number of halogens is 1. The molecule has 0 amide bonds. The Labute approximate surface area is 117 Å². The van der Waals surface area contributed by atoms with Crippen LogP contribution >= 0.6 is 11.6 Å². The summed E-state index contributed by atoms with van der Waals surface area (Å²) < 4.78 is 7.37. The normalized spacial score (nSPS) is 10.6. The van der Waals surface area contributed by atoms with Crippen molar-refractivity contribution in [2.24, 2.45) is 5.73 Å². The number of rotatable bonds is 7. The minimum atomic E-state index is 0.543. The van der Waals surface area contributed by atoms with Gasteiger partial charge < -0.3 is 10.5 Å². The van der Waals surface area contributed by atoms with Crippen molar-refractivity contribution < 1.29 is 4.74 Å². The summed E-state index contributed by atoms with van der Waals surface area (Å²) in [5, 5.41) is 8.82. The monoisotopic (exact) mass is 280 g/mol. The van der Waals surface area contributed by atoms with E-state index < -0.39 is 0 Å². The first kappa shape index (κ1) is 13.8. The van der Waals surface area contributed by atoms with E-state index in [1.165, 1.54) is 0 Å². The summed E-state index contributed by atoms with van der Waals surface area (Å²) in [5.74, 6) is 0.799. The zero-order valence-electron chi connectivity index (χ0n) is 10.6. The van der Waals surface area contributed by atoms with Crippen LogP contribution in [0.25, 0.3) is 0 Å². The van der Waals surface area contributed by atoms with Crippen molar-refractivity contribution in [3.63, 3.8) is 0 Å². The fourth-order valence-corrected chi connectivity index (χ4v) is 1.76. The summed E-state index contributed by atoms with van der Waals surface area (Å²) in [4.78, 5) is 0. The lowest BCUT2D eigenvalue weighted by Crippen LogP contribution is -2.08. The van der Waals surface area contributed by atoms with Crippen LogP contribution in [-0.2, 0) is 13.0 Å². The third-order valence-electron chi connectivity index (χ3n) is 2.63. The fraction of sp³-hybridized carbons (Fsp3) is 0.385. The summed E-state index contributed by atoms with van der Waals surface area (Å²) >= 11 is 5.80. The van der Waals surface area contributed by atoms with E-state index in [-0.39, 0.29) is 0 Å². The number of hydrogen-bond acceptors (Lipinski definition) is 4. The SMILES string of the molecule is NCCCc1cn(CCOc2ccc(Cl)cc2)nn1. The summed E-state index contributed by atoms with van der Waals surface area (Å²) in [7, 11) is 0. The van der Waals surface area contributed by atoms with E-state index in [9.17, 15) is 0 Å². The van der Waals surface area contributed by atoms with E-state index in [0.717, 1.165) is 24.3 Å². The topological polar surface area (TPSA) is 66.0 Å². The quantitative estimate of drug-likeness (QED) is 0.841.